The fraction of sp³-hybridized carbons (Fsp3) is 0.261. The van der Waals surface area contributed by atoms with E-state index in [1.54, 1.807) is 11.3 Å². The molecule has 0 spiro atoms. The summed E-state index contributed by atoms with van der Waals surface area (Å²) in [5.41, 5.74) is 3.09. The quantitative estimate of drug-likeness (QED) is 0.513. The molecular formula is C23H22N2O2S. The van der Waals surface area contributed by atoms with Crippen LogP contribution in [-0.2, 0) is 0 Å². The lowest BCUT2D eigenvalue weighted by atomic mass is 9.98. The summed E-state index contributed by atoms with van der Waals surface area (Å²) >= 11 is 1.55. The van der Waals surface area contributed by atoms with Crippen molar-refractivity contribution >= 4 is 38.3 Å². The third kappa shape index (κ3) is 3.32. The number of hydrogen-bond donors (Lipinski definition) is 2. The van der Waals surface area contributed by atoms with Crippen LogP contribution in [0.1, 0.15) is 22.5 Å². The largest absolute Gasteiger partial charge is 0.464 e. The first kappa shape index (κ1) is 17.5. The van der Waals surface area contributed by atoms with Gasteiger partial charge in [0.25, 0.3) is 5.91 Å². The minimum atomic E-state index is 0.0371. The van der Waals surface area contributed by atoms with Crippen molar-refractivity contribution in [2.45, 2.75) is 12.8 Å². The summed E-state index contributed by atoms with van der Waals surface area (Å²) in [7, 11) is 0. The summed E-state index contributed by atoms with van der Waals surface area (Å²) in [6, 6.07) is 16.4. The number of carbonyl (C=O) groups is 1. The Balaban J connectivity index is 1.38. The molecule has 1 saturated heterocycles. The number of rotatable bonds is 4. The lowest BCUT2D eigenvalue weighted by Gasteiger charge is -2.22. The van der Waals surface area contributed by atoms with Crippen molar-refractivity contribution < 1.29 is 9.21 Å². The molecule has 3 heterocycles. The van der Waals surface area contributed by atoms with E-state index in [1.807, 2.05) is 30.5 Å². The van der Waals surface area contributed by atoms with Crippen LogP contribution < -0.4 is 10.6 Å². The second kappa shape index (κ2) is 7.41. The number of carbonyl (C=O) groups excluding carboxylic acids is 1. The average molecular weight is 391 g/mol. The van der Waals surface area contributed by atoms with Crippen molar-refractivity contribution in [3.05, 3.63) is 59.7 Å². The van der Waals surface area contributed by atoms with E-state index in [1.165, 1.54) is 0 Å². The Hall–Kier alpha value is -2.63. The van der Waals surface area contributed by atoms with Crippen LogP contribution in [0.3, 0.4) is 0 Å². The molecule has 0 unspecified atom stereocenters. The second-order valence-electron chi connectivity index (χ2n) is 7.41. The van der Waals surface area contributed by atoms with Crippen LogP contribution in [0.5, 0.6) is 0 Å². The van der Waals surface area contributed by atoms with E-state index in [9.17, 15) is 4.79 Å². The Kier molecular flexibility index (Phi) is 4.63. The van der Waals surface area contributed by atoms with Crippen molar-refractivity contribution in [2.75, 3.05) is 19.6 Å². The summed E-state index contributed by atoms with van der Waals surface area (Å²) < 4.78 is 6.80. The molecule has 2 aromatic heterocycles. The fourth-order valence-electron chi connectivity index (χ4n) is 3.92. The first-order valence-corrected chi connectivity index (χ1v) is 10.6. The molecule has 142 valence electrons. The zero-order valence-corrected chi connectivity index (χ0v) is 16.4. The first-order chi connectivity index (χ1) is 13.8. The van der Waals surface area contributed by atoms with Crippen molar-refractivity contribution in [1.82, 2.24) is 10.6 Å². The van der Waals surface area contributed by atoms with E-state index in [2.05, 4.69) is 34.9 Å². The number of hydrogen-bond acceptors (Lipinski definition) is 4. The van der Waals surface area contributed by atoms with Crippen molar-refractivity contribution in [1.29, 1.82) is 0 Å². The summed E-state index contributed by atoms with van der Waals surface area (Å²) in [4.78, 5) is 13.4. The molecule has 4 aromatic rings. The molecule has 1 aliphatic heterocycles. The Morgan fingerprint density at radius 2 is 2.00 bits per heavy atom. The molecule has 1 amide bonds. The molecule has 4 nitrogen and oxygen atoms in total. The molecule has 0 radical (unpaired) electrons. The van der Waals surface area contributed by atoms with Crippen LogP contribution in [0, 0.1) is 5.92 Å². The maximum absolute atomic E-state index is 12.6. The molecule has 5 rings (SSSR count). The number of thiophene rings is 1. The van der Waals surface area contributed by atoms with Gasteiger partial charge in [0, 0.05) is 22.2 Å². The lowest BCUT2D eigenvalue weighted by molar-refractivity contribution is 0.0948. The Bertz CT molecular complexity index is 1140. The van der Waals surface area contributed by atoms with E-state index >= 15 is 0 Å². The molecule has 0 bridgehead atoms. The normalized spacial score (nSPS) is 15.3. The number of nitrogens with one attached hydrogen (secondary N) is 2. The van der Waals surface area contributed by atoms with Gasteiger partial charge in [0.1, 0.15) is 5.58 Å². The fourth-order valence-corrected chi connectivity index (χ4v) is 4.94. The molecule has 1 fully saturated rings. The van der Waals surface area contributed by atoms with Gasteiger partial charge in [-0.1, -0.05) is 30.3 Å². The van der Waals surface area contributed by atoms with Crippen molar-refractivity contribution in [3.8, 4) is 11.1 Å². The highest BCUT2D eigenvalue weighted by Gasteiger charge is 2.16. The minimum Gasteiger partial charge on any atom is -0.464 e. The third-order valence-corrected chi connectivity index (χ3v) is 6.64. The highest BCUT2D eigenvalue weighted by molar-refractivity contribution is 7.20. The van der Waals surface area contributed by atoms with Gasteiger partial charge in [-0.3, -0.25) is 4.79 Å². The van der Waals surface area contributed by atoms with Gasteiger partial charge in [-0.15, -0.1) is 11.3 Å². The van der Waals surface area contributed by atoms with Gasteiger partial charge in [-0.25, -0.2) is 0 Å². The van der Waals surface area contributed by atoms with Crippen LogP contribution in [0.4, 0.5) is 0 Å². The van der Waals surface area contributed by atoms with Crippen molar-refractivity contribution in [3.63, 3.8) is 0 Å². The predicted octanol–water partition coefficient (Wildman–Crippen LogP) is 5.04. The highest BCUT2D eigenvalue weighted by Crippen LogP contribution is 2.34. The van der Waals surface area contributed by atoms with E-state index in [-0.39, 0.29) is 5.91 Å². The number of fused-ring (bicyclic) bond motifs is 2. The summed E-state index contributed by atoms with van der Waals surface area (Å²) in [5.74, 6) is 0.621. The number of piperidine rings is 1. The second-order valence-corrected chi connectivity index (χ2v) is 8.50. The van der Waals surface area contributed by atoms with Gasteiger partial charge in [-0.2, -0.15) is 0 Å². The molecule has 2 aromatic carbocycles. The molecule has 28 heavy (non-hydrogen) atoms. The van der Waals surface area contributed by atoms with Gasteiger partial charge < -0.3 is 15.1 Å². The maximum atomic E-state index is 12.6. The summed E-state index contributed by atoms with van der Waals surface area (Å²) in [6.07, 6.45) is 4.08. The zero-order chi connectivity index (χ0) is 18.9. The van der Waals surface area contributed by atoms with Crippen LogP contribution in [0.25, 0.3) is 32.2 Å². The number of para-hydroxylation sites is 1. The molecule has 0 saturated carbocycles. The van der Waals surface area contributed by atoms with Crippen LogP contribution in [-0.4, -0.2) is 25.5 Å². The Labute approximate surface area is 167 Å². The lowest BCUT2D eigenvalue weighted by Crippen LogP contribution is -2.35. The monoisotopic (exact) mass is 390 g/mol. The maximum Gasteiger partial charge on any atom is 0.261 e. The number of benzene rings is 2. The molecule has 2 N–H and O–H groups in total. The Morgan fingerprint density at radius 3 is 2.89 bits per heavy atom. The van der Waals surface area contributed by atoms with Crippen LogP contribution in [0.15, 0.2) is 59.2 Å². The van der Waals surface area contributed by atoms with Gasteiger partial charge in [0.2, 0.25) is 0 Å². The zero-order valence-electron chi connectivity index (χ0n) is 15.5. The molecule has 1 aliphatic rings. The molecular weight excluding hydrogens is 368 g/mol. The van der Waals surface area contributed by atoms with E-state index in [4.69, 9.17) is 4.42 Å². The van der Waals surface area contributed by atoms with Gasteiger partial charge >= 0.3 is 0 Å². The third-order valence-electron chi connectivity index (χ3n) is 5.55. The molecule has 0 atom stereocenters. The van der Waals surface area contributed by atoms with E-state index in [0.29, 0.717) is 5.92 Å². The molecule has 0 aliphatic carbocycles. The summed E-state index contributed by atoms with van der Waals surface area (Å²) in [5, 5.41) is 8.70. The number of furan rings is 1. The van der Waals surface area contributed by atoms with Crippen molar-refractivity contribution in [2.24, 2.45) is 5.92 Å². The van der Waals surface area contributed by atoms with Crippen LogP contribution >= 0.6 is 11.3 Å². The first-order valence-electron chi connectivity index (χ1n) is 9.77. The highest BCUT2D eigenvalue weighted by atomic mass is 32.1. The molecule has 5 heteroatoms. The number of amides is 1. The average Bonchev–Trinajstić information content (AvgIpc) is 3.36. The predicted molar refractivity (Wildman–Crippen MR) is 115 cm³/mol. The van der Waals surface area contributed by atoms with Crippen LogP contribution in [0.2, 0.25) is 0 Å². The van der Waals surface area contributed by atoms with Gasteiger partial charge in [-0.05, 0) is 61.0 Å². The van der Waals surface area contributed by atoms with Gasteiger partial charge in [0.05, 0.1) is 11.1 Å². The SMILES string of the molecule is O=C(NCC1CCNCC1)c1cc2ccc(-c3coc4ccccc34)cc2s1. The smallest absolute Gasteiger partial charge is 0.261 e. The summed E-state index contributed by atoms with van der Waals surface area (Å²) in [6.45, 7) is 2.87. The Morgan fingerprint density at radius 1 is 1.14 bits per heavy atom. The van der Waals surface area contributed by atoms with E-state index < -0.39 is 0 Å². The topological polar surface area (TPSA) is 54.3 Å². The van der Waals surface area contributed by atoms with Gasteiger partial charge in [0.15, 0.2) is 0 Å². The van der Waals surface area contributed by atoms with E-state index in [0.717, 1.165) is 69.5 Å². The standard InChI is InChI=1S/C23H22N2O2S/c26-23(25-13-15-7-9-24-10-8-15)22-12-17-6-5-16(11-21(17)28-22)19-14-27-20-4-2-1-3-18(19)20/h1-6,11-12,14-15,24H,7-10,13H2,(H,25,26). The minimum absolute atomic E-state index is 0.0371.